The number of methoxy groups -OCH3 is 1. The highest BCUT2D eigenvalue weighted by atomic mass is 127. The molecular formula is C18H23FINO5. The van der Waals surface area contributed by atoms with Gasteiger partial charge >= 0.3 is 5.97 Å². The zero-order chi connectivity index (χ0) is 19.9. The van der Waals surface area contributed by atoms with Crippen LogP contribution in [0.2, 0.25) is 0 Å². The van der Waals surface area contributed by atoms with Crippen LogP contribution in [0, 0.1) is 15.3 Å². The Morgan fingerprint density at radius 3 is 2.58 bits per heavy atom. The Morgan fingerprint density at radius 2 is 2.08 bits per heavy atom. The number of aliphatic imine (C=N–C) groups is 1. The van der Waals surface area contributed by atoms with Gasteiger partial charge in [0.15, 0.2) is 0 Å². The van der Waals surface area contributed by atoms with Gasteiger partial charge in [0.25, 0.3) is 0 Å². The van der Waals surface area contributed by atoms with Gasteiger partial charge in [-0.3, -0.25) is 4.99 Å². The number of carbonyl (C=O) groups is 1. The third kappa shape index (κ3) is 5.66. The monoisotopic (exact) mass is 479 g/mol. The molecule has 2 N–H and O–H groups in total. The van der Waals surface area contributed by atoms with Crippen molar-refractivity contribution in [3.8, 4) is 5.75 Å². The summed E-state index contributed by atoms with van der Waals surface area (Å²) in [5.41, 5.74) is -0.0652. The lowest BCUT2D eigenvalue weighted by molar-refractivity contribution is -0.137. The highest BCUT2D eigenvalue weighted by Gasteiger charge is 2.21. The second-order valence-electron chi connectivity index (χ2n) is 5.72. The third-order valence-corrected chi connectivity index (χ3v) is 4.43. The largest absolute Gasteiger partial charge is 0.506 e. The molecule has 144 valence electrons. The molecule has 0 saturated carbocycles. The number of ether oxygens (including phenoxy) is 2. The van der Waals surface area contributed by atoms with Gasteiger partial charge in [0.2, 0.25) is 0 Å². The van der Waals surface area contributed by atoms with Crippen LogP contribution < -0.4 is 4.74 Å². The SMILES string of the molecule is CCOC(=O)C(C=N[C@H](CO)C(C)C)=C(O)c1cc(I)c(F)cc1OC. The van der Waals surface area contributed by atoms with Crippen molar-refractivity contribution in [1.82, 2.24) is 0 Å². The van der Waals surface area contributed by atoms with Crippen molar-refractivity contribution in [3.63, 3.8) is 0 Å². The van der Waals surface area contributed by atoms with Crippen molar-refractivity contribution in [1.29, 1.82) is 0 Å². The summed E-state index contributed by atoms with van der Waals surface area (Å²) in [5.74, 6) is -1.63. The summed E-state index contributed by atoms with van der Waals surface area (Å²) < 4.78 is 24.1. The Kier molecular flexibility index (Phi) is 9.00. The number of hydrogen-bond acceptors (Lipinski definition) is 6. The minimum absolute atomic E-state index is 0.0307. The summed E-state index contributed by atoms with van der Waals surface area (Å²) in [6.07, 6.45) is 1.17. The second kappa shape index (κ2) is 10.5. The second-order valence-corrected chi connectivity index (χ2v) is 6.88. The molecule has 1 aromatic carbocycles. The van der Waals surface area contributed by atoms with Crippen LogP contribution >= 0.6 is 22.6 Å². The number of esters is 1. The fraction of sp³-hybridized carbons (Fsp3) is 0.444. The maximum atomic E-state index is 13.7. The summed E-state index contributed by atoms with van der Waals surface area (Å²) in [6.45, 7) is 5.28. The summed E-state index contributed by atoms with van der Waals surface area (Å²) in [5, 5.41) is 20.0. The van der Waals surface area contributed by atoms with Gasteiger partial charge in [-0.1, -0.05) is 13.8 Å². The molecule has 8 heteroatoms. The first kappa shape index (κ1) is 22.4. The number of aliphatic hydroxyl groups is 2. The Labute approximate surface area is 165 Å². The lowest BCUT2D eigenvalue weighted by Crippen LogP contribution is -2.19. The predicted molar refractivity (Wildman–Crippen MR) is 106 cm³/mol. The Morgan fingerprint density at radius 1 is 1.42 bits per heavy atom. The molecule has 0 aliphatic rings. The van der Waals surface area contributed by atoms with E-state index in [4.69, 9.17) is 9.47 Å². The minimum Gasteiger partial charge on any atom is -0.506 e. The number of nitrogens with zero attached hydrogens (tertiary/aromatic N) is 1. The lowest BCUT2D eigenvalue weighted by Gasteiger charge is -2.14. The van der Waals surface area contributed by atoms with E-state index < -0.39 is 23.6 Å². The highest BCUT2D eigenvalue weighted by Crippen LogP contribution is 2.30. The number of carbonyl (C=O) groups excluding carboxylic acids is 1. The number of benzene rings is 1. The van der Waals surface area contributed by atoms with E-state index in [0.717, 1.165) is 6.07 Å². The van der Waals surface area contributed by atoms with Crippen LogP contribution in [0.5, 0.6) is 5.75 Å². The molecule has 0 fully saturated rings. The molecule has 1 rings (SSSR count). The van der Waals surface area contributed by atoms with E-state index in [-0.39, 0.29) is 39.6 Å². The van der Waals surface area contributed by atoms with Crippen molar-refractivity contribution in [3.05, 3.63) is 32.7 Å². The quantitative estimate of drug-likeness (QED) is 0.196. The first-order chi connectivity index (χ1) is 12.3. The van der Waals surface area contributed by atoms with Crippen LogP contribution in [0.15, 0.2) is 22.7 Å². The molecule has 0 aliphatic heterocycles. The molecule has 0 unspecified atom stereocenters. The molecular weight excluding hydrogens is 456 g/mol. The van der Waals surface area contributed by atoms with Crippen molar-refractivity contribution in [2.45, 2.75) is 26.8 Å². The van der Waals surface area contributed by atoms with Crippen molar-refractivity contribution < 1.29 is 28.9 Å². The molecule has 0 bridgehead atoms. The average molecular weight is 479 g/mol. The van der Waals surface area contributed by atoms with Gasteiger partial charge in [-0.2, -0.15) is 0 Å². The average Bonchev–Trinajstić information content (AvgIpc) is 2.60. The molecule has 0 amide bonds. The van der Waals surface area contributed by atoms with Crippen LogP contribution in [-0.4, -0.2) is 48.8 Å². The van der Waals surface area contributed by atoms with Crippen LogP contribution in [-0.2, 0) is 9.53 Å². The van der Waals surface area contributed by atoms with Gasteiger partial charge < -0.3 is 19.7 Å². The van der Waals surface area contributed by atoms with Crippen LogP contribution in [0.3, 0.4) is 0 Å². The number of aliphatic hydroxyl groups excluding tert-OH is 2. The van der Waals surface area contributed by atoms with E-state index in [1.807, 2.05) is 13.8 Å². The standard InChI is InChI=1S/C18H23FINO5/c1-5-26-18(24)12(8-21-15(9-22)10(2)3)17(23)11-6-14(20)13(19)7-16(11)25-4/h6-8,10,15,22-23H,5,9H2,1-4H3/t15-/m1/s1. The Hall–Kier alpha value is -1.68. The summed E-state index contributed by atoms with van der Waals surface area (Å²) in [6, 6.07) is 2.04. The van der Waals surface area contributed by atoms with Gasteiger partial charge in [-0.15, -0.1) is 0 Å². The van der Waals surface area contributed by atoms with Gasteiger partial charge in [-0.25, -0.2) is 9.18 Å². The molecule has 0 spiro atoms. The predicted octanol–water partition coefficient (Wildman–Crippen LogP) is 3.36. The molecule has 0 aliphatic carbocycles. The number of rotatable bonds is 8. The Bertz CT molecular complexity index is 703. The molecule has 0 aromatic heterocycles. The van der Waals surface area contributed by atoms with Crippen LogP contribution in [0.4, 0.5) is 4.39 Å². The van der Waals surface area contributed by atoms with Crippen molar-refractivity contribution >= 4 is 40.5 Å². The topological polar surface area (TPSA) is 88.4 Å². The molecule has 6 nitrogen and oxygen atoms in total. The molecule has 0 heterocycles. The van der Waals surface area contributed by atoms with Crippen molar-refractivity contribution in [2.75, 3.05) is 20.3 Å². The maximum Gasteiger partial charge on any atom is 0.343 e. The molecule has 0 radical (unpaired) electrons. The summed E-state index contributed by atoms with van der Waals surface area (Å²) in [4.78, 5) is 16.4. The first-order valence-corrected chi connectivity index (χ1v) is 9.12. The number of hydrogen-bond donors (Lipinski definition) is 2. The lowest BCUT2D eigenvalue weighted by atomic mass is 10.1. The van der Waals surface area contributed by atoms with E-state index in [9.17, 15) is 19.4 Å². The van der Waals surface area contributed by atoms with Crippen LogP contribution in [0.1, 0.15) is 26.3 Å². The first-order valence-electron chi connectivity index (χ1n) is 8.04. The van der Waals surface area contributed by atoms with Gasteiger partial charge in [0.05, 0.1) is 31.9 Å². The summed E-state index contributed by atoms with van der Waals surface area (Å²) >= 11 is 1.77. The maximum absolute atomic E-state index is 13.7. The smallest absolute Gasteiger partial charge is 0.343 e. The zero-order valence-electron chi connectivity index (χ0n) is 15.1. The molecule has 0 saturated heterocycles. The van der Waals surface area contributed by atoms with E-state index >= 15 is 0 Å². The molecule has 1 atom stereocenters. The molecule has 1 aromatic rings. The van der Waals surface area contributed by atoms with E-state index in [1.165, 1.54) is 19.4 Å². The van der Waals surface area contributed by atoms with Crippen molar-refractivity contribution in [2.24, 2.45) is 10.9 Å². The Balaban J connectivity index is 3.51. The highest BCUT2D eigenvalue weighted by molar-refractivity contribution is 14.1. The summed E-state index contributed by atoms with van der Waals surface area (Å²) in [7, 11) is 1.33. The number of halogens is 2. The normalized spacial score (nSPS) is 13.7. The van der Waals surface area contributed by atoms with Crippen LogP contribution in [0.25, 0.3) is 5.76 Å². The van der Waals surface area contributed by atoms with Gasteiger partial charge in [-0.05, 0) is 41.5 Å². The fourth-order valence-electron chi connectivity index (χ4n) is 2.05. The van der Waals surface area contributed by atoms with Gasteiger partial charge in [0, 0.05) is 15.9 Å². The van der Waals surface area contributed by atoms with E-state index in [0.29, 0.717) is 0 Å². The minimum atomic E-state index is -0.782. The van der Waals surface area contributed by atoms with Gasteiger partial charge in [0.1, 0.15) is 22.9 Å². The molecule has 26 heavy (non-hydrogen) atoms. The van der Waals surface area contributed by atoms with E-state index in [2.05, 4.69) is 4.99 Å². The third-order valence-electron chi connectivity index (χ3n) is 3.60. The van der Waals surface area contributed by atoms with E-state index in [1.54, 1.807) is 29.5 Å². The zero-order valence-corrected chi connectivity index (χ0v) is 17.3. The fourth-order valence-corrected chi connectivity index (χ4v) is 2.51.